The van der Waals surface area contributed by atoms with E-state index in [4.69, 9.17) is 17.3 Å². The van der Waals surface area contributed by atoms with Crippen LogP contribution in [0.1, 0.15) is 15.2 Å². The van der Waals surface area contributed by atoms with Crippen molar-refractivity contribution in [3.05, 3.63) is 50.9 Å². The van der Waals surface area contributed by atoms with Crippen LogP contribution in [0.2, 0.25) is 5.02 Å². The zero-order valence-electron chi connectivity index (χ0n) is 10.2. The molecule has 1 amide bonds. The lowest BCUT2D eigenvalue weighted by atomic mass is 10.2. The Morgan fingerprint density at radius 3 is 2.95 bits per heavy atom. The van der Waals surface area contributed by atoms with Crippen molar-refractivity contribution >= 4 is 34.5 Å². The number of rotatable bonds is 2. The van der Waals surface area contributed by atoms with Gasteiger partial charge in [0, 0.05) is 11.1 Å². The molecule has 102 valence electrons. The van der Waals surface area contributed by atoms with Crippen molar-refractivity contribution < 1.29 is 9.18 Å². The van der Waals surface area contributed by atoms with Gasteiger partial charge in [-0.1, -0.05) is 23.4 Å². The summed E-state index contributed by atoms with van der Waals surface area (Å²) in [5.41, 5.74) is 6.20. The van der Waals surface area contributed by atoms with E-state index in [9.17, 15) is 9.18 Å². The van der Waals surface area contributed by atoms with Gasteiger partial charge >= 0.3 is 0 Å². The average molecular weight is 309 g/mol. The molecule has 0 unspecified atom stereocenters. The van der Waals surface area contributed by atoms with Crippen LogP contribution in [-0.2, 0) is 0 Å². The molecule has 2 aromatic rings. The van der Waals surface area contributed by atoms with Crippen molar-refractivity contribution in [3.63, 3.8) is 0 Å². The van der Waals surface area contributed by atoms with Gasteiger partial charge in [0.25, 0.3) is 5.91 Å². The first-order chi connectivity index (χ1) is 9.60. The van der Waals surface area contributed by atoms with E-state index in [-0.39, 0.29) is 17.5 Å². The number of amides is 1. The molecule has 0 aliphatic rings. The Morgan fingerprint density at radius 1 is 1.45 bits per heavy atom. The van der Waals surface area contributed by atoms with Gasteiger partial charge in [0.05, 0.1) is 22.0 Å². The second kappa shape index (κ2) is 6.53. The minimum absolute atomic E-state index is 0.0392. The normalized spacial score (nSPS) is 9.75. The molecule has 0 aliphatic carbocycles. The number of nitrogens with two attached hydrogens (primary N) is 1. The molecule has 6 heteroatoms. The number of carbonyl (C=O) groups is 1. The molecule has 0 atom stereocenters. The molecule has 1 heterocycles. The second-order valence-corrected chi connectivity index (χ2v) is 5.11. The van der Waals surface area contributed by atoms with E-state index in [1.165, 1.54) is 29.5 Å². The second-order valence-electron chi connectivity index (χ2n) is 3.79. The summed E-state index contributed by atoms with van der Waals surface area (Å²) in [5, 5.41) is 4.30. The van der Waals surface area contributed by atoms with E-state index in [1.54, 1.807) is 11.4 Å². The first-order valence-electron chi connectivity index (χ1n) is 5.64. The molecule has 1 aromatic carbocycles. The lowest BCUT2D eigenvalue weighted by molar-refractivity contribution is 0.102. The molecule has 2 rings (SSSR count). The molecule has 0 saturated carbocycles. The fourth-order valence-corrected chi connectivity index (χ4v) is 2.37. The highest BCUT2D eigenvalue weighted by atomic mass is 35.5. The van der Waals surface area contributed by atoms with Gasteiger partial charge in [0.1, 0.15) is 5.82 Å². The van der Waals surface area contributed by atoms with Crippen LogP contribution in [0.5, 0.6) is 0 Å². The maximum Gasteiger partial charge on any atom is 0.256 e. The Morgan fingerprint density at radius 2 is 2.25 bits per heavy atom. The van der Waals surface area contributed by atoms with E-state index in [2.05, 4.69) is 17.2 Å². The minimum Gasteiger partial charge on any atom is -0.322 e. The van der Waals surface area contributed by atoms with Crippen LogP contribution < -0.4 is 11.1 Å². The molecule has 0 spiro atoms. The number of hydrogen-bond donors (Lipinski definition) is 2. The molecule has 0 fully saturated rings. The summed E-state index contributed by atoms with van der Waals surface area (Å²) < 4.78 is 13.0. The van der Waals surface area contributed by atoms with Gasteiger partial charge in [-0.15, -0.1) is 11.3 Å². The third-order valence-electron chi connectivity index (χ3n) is 2.35. The van der Waals surface area contributed by atoms with Crippen LogP contribution >= 0.6 is 22.9 Å². The van der Waals surface area contributed by atoms with Crippen molar-refractivity contribution in [1.29, 1.82) is 0 Å². The quantitative estimate of drug-likeness (QED) is 0.838. The van der Waals surface area contributed by atoms with Crippen LogP contribution in [0.25, 0.3) is 0 Å². The summed E-state index contributed by atoms with van der Waals surface area (Å²) >= 11 is 7.01. The van der Waals surface area contributed by atoms with E-state index >= 15 is 0 Å². The Bertz CT molecular complexity index is 703. The highest BCUT2D eigenvalue weighted by Crippen LogP contribution is 2.21. The number of hydrogen-bond acceptors (Lipinski definition) is 3. The highest BCUT2D eigenvalue weighted by molar-refractivity contribution is 7.10. The maximum atomic E-state index is 13.0. The highest BCUT2D eigenvalue weighted by Gasteiger charge is 2.09. The van der Waals surface area contributed by atoms with E-state index < -0.39 is 5.82 Å². The van der Waals surface area contributed by atoms with Crippen molar-refractivity contribution in [3.8, 4) is 11.8 Å². The smallest absolute Gasteiger partial charge is 0.256 e. The number of benzene rings is 1. The third-order valence-corrected chi connectivity index (χ3v) is 3.49. The Labute approximate surface area is 124 Å². The number of nitrogens with one attached hydrogen (secondary N) is 1. The number of carbonyl (C=O) groups excluding carboxylic acids is 1. The zero-order valence-corrected chi connectivity index (χ0v) is 11.8. The predicted octanol–water partition coefficient (Wildman–Crippen LogP) is 3.10. The van der Waals surface area contributed by atoms with Crippen LogP contribution in [0, 0.1) is 17.7 Å². The number of halogens is 2. The van der Waals surface area contributed by atoms with Gasteiger partial charge in [0.2, 0.25) is 0 Å². The zero-order chi connectivity index (χ0) is 14.5. The molecule has 0 saturated heterocycles. The monoisotopic (exact) mass is 308 g/mol. The third kappa shape index (κ3) is 3.58. The van der Waals surface area contributed by atoms with E-state index in [0.29, 0.717) is 11.3 Å². The van der Waals surface area contributed by atoms with E-state index in [0.717, 1.165) is 4.88 Å². The molecule has 1 aromatic heterocycles. The average Bonchev–Trinajstić information content (AvgIpc) is 2.89. The fraction of sp³-hybridized carbons (Fsp3) is 0.0714. The van der Waals surface area contributed by atoms with E-state index in [1.807, 2.05) is 0 Å². The van der Waals surface area contributed by atoms with Gasteiger partial charge in [-0.25, -0.2) is 4.39 Å². The lowest BCUT2D eigenvalue weighted by Gasteiger charge is -2.04. The van der Waals surface area contributed by atoms with Gasteiger partial charge in [0.15, 0.2) is 0 Å². The number of anilines is 1. The van der Waals surface area contributed by atoms with Crippen molar-refractivity contribution in [1.82, 2.24) is 0 Å². The molecular weight excluding hydrogens is 299 g/mol. The summed E-state index contributed by atoms with van der Waals surface area (Å²) in [5.74, 6) is 4.74. The summed E-state index contributed by atoms with van der Waals surface area (Å²) in [6.07, 6.45) is 0. The van der Waals surface area contributed by atoms with Crippen LogP contribution in [0.4, 0.5) is 10.1 Å². The summed E-state index contributed by atoms with van der Waals surface area (Å²) in [6.45, 7) is 0.271. The molecule has 0 bridgehead atoms. The van der Waals surface area contributed by atoms with Crippen molar-refractivity contribution in [2.24, 2.45) is 5.73 Å². The van der Waals surface area contributed by atoms with Crippen LogP contribution in [0.15, 0.2) is 29.6 Å². The van der Waals surface area contributed by atoms with Gasteiger partial charge in [-0.05, 0) is 24.3 Å². The molecule has 3 nitrogen and oxygen atoms in total. The van der Waals surface area contributed by atoms with Crippen LogP contribution in [0.3, 0.4) is 0 Å². The van der Waals surface area contributed by atoms with Gasteiger partial charge < -0.3 is 11.1 Å². The Hall–Kier alpha value is -1.87. The molecule has 3 N–H and O–H groups in total. The van der Waals surface area contributed by atoms with Gasteiger partial charge in [-0.2, -0.15) is 0 Å². The minimum atomic E-state index is -0.528. The molecule has 20 heavy (non-hydrogen) atoms. The maximum absolute atomic E-state index is 13.0. The molecular formula is C14H10ClFN2OS. The van der Waals surface area contributed by atoms with Crippen LogP contribution in [-0.4, -0.2) is 12.5 Å². The SMILES string of the molecule is NCC#Cc1cc(C(=O)Nc2ccc(F)c(Cl)c2)cs1. The summed E-state index contributed by atoms with van der Waals surface area (Å²) in [6, 6.07) is 5.68. The first-order valence-corrected chi connectivity index (χ1v) is 6.90. The van der Waals surface area contributed by atoms with Crippen molar-refractivity contribution in [2.75, 3.05) is 11.9 Å². The summed E-state index contributed by atoms with van der Waals surface area (Å²) in [4.78, 5) is 12.7. The first kappa shape index (κ1) is 14.5. The Kier molecular flexibility index (Phi) is 4.74. The fourth-order valence-electron chi connectivity index (χ4n) is 1.44. The Balaban J connectivity index is 2.11. The largest absolute Gasteiger partial charge is 0.322 e. The topological polar surface area (TPSA) is 55.1 Å². The lowest BCUT2D eigenvalue weighted by Crippen LogP contribution is -2.10. The van der Waals surface area contributed by atoms with Crippen molar-refractivity contribution in [2.45, 2.75) is 0 Å². The molecule has 0 radical (unpaired) electrons. The predicted molar refractivity (Wildman–Crippen MR) is 79.6 cm³/mol. The molecule has 0 aliphatic heterocycles. The number of thiophene rings is 1. The summed E-state index contributed by atoms with van der Waals surface area (Å²) in [7, 11) is 0. The standard InChI is InChI=1S/C14H10ClFN2OS/c15-12-7-10(3-4-13(12)16)18-14(19)9-6-11(20-8-9)2-1-5-17/h3-4,6-8H,5,17H2,(H,18,19). The van der Waals surface area contributed by atoms with Gasteiger partial charge in [-0.3, -0.25) is 4.79 Å².